The van der Waals surface area contributed by atoms with Crippen LogP contribution in [0.25, 0.3) is 11.3 Å². The van der Waals surface area contributed by atoms with E-state index in [1.54, 1.807) is 11.3 Å². The molecule has 96 valence electrons. The molecular weight excluding hydrogens is 240 g/mol. The minimum Gasteiger partial charge on any atom is -0.325 e. The van der Waals surface area contributed by atoms with Crippen molar-refractivity contribution >= 4 is 11.3 Å². The summed E-state index contributed by atoms with van der Waals surface area (Å²) in [5.41, 5.74) is 10.7. The van der Waals surface area contributed by atoms with Crippen molar-refractivity contribution in [2.24, 2.45) is 5.73 Å². The second-order valence-electron chi connectivity index (χ2n) is 5.61. The summed E-state index contributed by atoms with van der Waals surface area (Å²) in [4.78, 5) is 4.71. The zero-order valence-corrected chi connectivity index (χ0v) is 12.3. The van der Waals surface area contributed by atoms with Crippen molar-refractivity contribution in [3.63, 3.8) is 0 Å². The summed E-state index contributed by atoms with van der Waals surface area (Å²) in [6.45, 7) is 8.30. The quantitative estimate of drug-likeness (QED) is 0.913. The minimum atomic E-state index is -0.198. The first-order chi connectivity index (χ1) is 8.35. The molecule has 0 bridgehead atoms. The highest BCUT2D eigenvalue weighted by atomic mass is 32.1. The molecule has 0 fully saturated rings. The van der Waals surface area contributed by atoms with Gasteiger partial charge in [0.2, 0.25) is 0 Å². The molecule has 0 spiro atoms. The first-order valence-corrected chi connectivity index (χ1v) is 7.04. The van der Waals surface area contributed by atoms with E-state index in [4.69, 9.17) is 10.7 Å². The highest BCUT2D eigenvalue weighted by Gasteiger charge is 2.15. The van der Waals surface area contributed by atoms with Gasteiger partial charge in [-0.05, 0) is 39.3 Å². The van der Waals surface area contributed by atoms with E-state index < -0.39 is 0 Å². The Labute approximate surface area is 113 Å². The molecule has 1 aromatic carbocycles. The van der Waals surface area contributed by atoms with Crippen molar-refractivity contribution in [2.45, 2.75) is 39.7 Å². The van der Waals surface area contributed by atoms with Gasteiger partial charge in [0.1, 0.15) is 0 Å². The van der Waals surface area contributed by atoms with Gasteiger partial charge in [0, 0.05) is 22.9 Å². The number of aromatic nitrogens is 1. The third-order valence-corrected chi connectivity index (χ3v) is 3.68. The lowest BCUT2D eigenvalue weighted by atomic mass is 10.0. The summed E-state index contributed by atoms with van der Waals surface area (Å²) < 4.78 is 0. The summed E-state index contributed by atoms with van der Waals surface area (Å²) in [5.74, 6) is 0. The first-order valence-electron chi connectivity index (χ1n) is 6.16. The van der Waals surface area contributed by atoms with Gasteiger partial charge < -0.3 is 5.73 Å². The fourth-order valence-electron chi connectivity index (χ4n) is 1.92. The predicted octanol–water partition coefficient (Wildman–Crippen LogP) is 3.71. The van der Waals surface area contributed by atoms with Gasteiger partial charge >= 0.3 is 0 Å². The van der Waals surface area contributed by atoms with E-state index in [9.17, 15) is 0 Å². The number of benzene rings is 1. The molecule has 2 rings (SSSR count). The molecule has 0 aliphatic rings. The number of hydrogen-bond donors (Lipinski definition) is 1. The number of thiazole rings is 1. The van der Waals surface area contributed by atoms with Gasteiger partial charge in [-0.2, -0.15) is 0 Å². The lowest BCUT2D eigenvalue weighted by Crippen LogP contribution is -2.34. The standard InChI is InChI=1S/C15H20N2S/c1-10-5-6-11(2)12(7-10)13-9-18-14(17-13)8-15(3,4)16/h5-7,9H,8,16H2,1-4H3. The second-order valence-corrected chi connectivity index (χ2v) is 6.55. The Morgan fingerprint density at radius 1 is 1.28 bits per heavy atom. The Morgan fingerprint density at radius 3 is 2.67 bits per heavy atom. The van der Waals surface area contributed by atoms with Crippen LogP contribution in [0.15, 0.2) is 23.6 Å². The number of nitrogens with two attached hydrogens (primary N) is 1. The molecular formula is C15H20N2S. The molecule has 2 N–H and O–H groups in total. The third kappa shape index (κ3) is 3.18. The Hall–Kier alpha value is -1.19. The molecule has 2 aromatic rings. The van der Waals surface area contributed by atoms with Gasteiger partial charge in [-0.3, -0.25) is 0 Å². The summed E-state index contributed by atoms with van der Waals surface area (Å²) in [6, 6.07) is 6.48. The number of rotatable bonds is 3. The molecule has 3 heteroatoms. The molecule has 0 unspecified atom stereocenters. The number of hydrogen-bond acceptors (Lipinski definition) is 3. The van der Waals surface area contributed by atoms with Crippen LogP contribution in [0, 0.1) is 13.8 Å². The molecule has 0 saturated heterocycles. The normalized spacial score (nSPS) is 11.8. The highest BCUT2D eigenvalue weighted by Crippen LogP contribution is 2.27. The van der Waals surface area contributed by atoms with E-state index in [-0.39, 0.29) is 5.54 Å². The molecule has 0 atom stereocenters. The summed E-state index contributed by atoms with van der Waals surface area (Å²) in [5, 5.41) is 3.24. The monoisotopic (exact) mass is 260 g/mol. The Balaban J connectivity index is 2.32. The SMILES string of the molecule is Cc1ccc(C)c(-c2csc(CC(C)(C)N)n2)c1. The fourth-order valence-corrected chi connectivity index (χ4v) is 2.95. The zero-order chi connectivity index (χ0) is 13.3. The van der Waals surface area contributed by atoms with Gasteiger partial charge in [-0.15, -0.1) is 11.3 Å². The van der Waals surface area contributed by atoms with Gasteiger partial charge in [-0.1, -0.05) is 17.7 Å². The van der Waals surface area contributed by atoms with Crippen LogP contribution in [-0.2, 0) is 6.42 Å². The molecule has 0 saturated carbocycles. The largest absolute Gasteiger partial charge is 0.325 e. The third-order valence-electron chi connectivity index (χ3n) is 2.83. The Bertz CT molecular complexity index is 550. The summed E-state index contributed by atoms with van der Waals surface area (Å²) in [6.07, 6.45) is 0.822. The van der Waals surface area contributed by atoms with Crippen molar-refractivity contribution in [3.8, 4) is 11.3 Å². The Morgan fingerprint density at radius 2 is 2.00 bits per heavy atom. The van der Waals surface area contributed by atoms with Crippen LogP contribution in [0.3, 0.4) is 0 Å². The lowest BCUT2D eigenvalue weighted by molar-refractivity contribution is 0.515. The maximum atomic E-state index is 6.04. The van der Waals surface area contributed by atoms with Crippen molar-refractivity contribution in [3.05, 3.63) is 39.7 Å². The van der Waals surface area contributed by atoms with Crippen molar-refractivity contribution in [1.82, 2.24) is 4.98 Å². The maximum absolute atomic E-state index is 6.04. The van der Waals surface area contributed by atoms with Crippen LogP contribution in [0.1, 0.15) is 30.0 Å². The van der Waals surface area contributed by atoms with Gasteiger partial charge in [0.05, 0.1) is 10.7 Å². The first kappa shape index (κ1) is 13.2. The van der Waals surface area contributed by atoms with Crippen LogP contribution in [0.5, 0.6) is 0 Å². The molecule has 18 heavy (non-hydrogen) atoms. The van der Waals surface area contributed by atoms with Crippen molar-refractivity contribution in [2.75, 3.05) is 0 Å². The van der Waals surface area contributed by atoms with E-state index in [0.29, 0.717) is 0 Å². The van der Waals surface area contributed by atoms with Crippen LogP contribution in [-0.4, -0.2) is 10.5 Å². The van der Waals surface area contributed by atoms with Crippen LogP contribution in [0.2, 0.25) is 0 Å². The second kappa shape index (κ2) is 4.82. The molecule has 0 aliphatic carbocycles. The van der Waals surface area contributed by atoms with E-state index in [0.717, 1.165) is 17.1 Å². The topological polar surface area (TPSA) is 38.9 Å². The van der Waals surface area contributed by atoms with E-state index in [1.807, 2.05) is 13.8 Å². The van der Waals surface area contributed by atoms with E-state index in [2.05, 4.69) is 37.4 Å². The average molecular weight is 260 g/mol. The fraction of sp³-hybridized carbons (Fsp3) is 0.400. The van der Waals surface area contributed by atoms with E-state index >= 15 is 0 Å². The highest BCUT2D eigenvalue weighted by molar-refractivity contribution is 7.10. The predicted molar refractivity (Wildman–Crippen MR) is 79.0 cm³/mol. The number of aryl methyl sites for hydroxylation is 2. The molecule has 1 heterocycles. The molecule has 2 nitrogen and oxygen atoms in total. The van der Waals surface area contributed by atoms with Crippen molar-refractivity contribution < 1.29 is 0 Å². The van der Waals surface area contributed by atoms with Gasteiger partial charge in [-0.25, -0.2) is 4.98 Å². The summed E-state index contributed by atoms with van der Waals surface area (Å²) >= 11 is 1.69. The molecule has 0 amide bonds. The summed E-state index contributed by atoms with van der Waals surface area (Å²) in [7, 11) is 0. The number of nitrogens with zero attached hydrogens (tertiary/aromatic N) is 1. The van der Waals surface area contributed by atoms with Crippen LogP contribution < -0.4 is 5.73 Å². The lowest BCUT2D eigenvalue weighted by Gasteiger charge is -2.15. The minimum absolute atomic E-state index is 0.198. The Kier molecular flexibility index (Phi) is 3.55. The zero-order valence-electron chi connectivity index (χ0n) is 11.4. The molecule has 0 aliphatic heterocycles. The van der Waals surface area contributed by atoms with E-state index in [1.165, 1.54) is 16.7 Å². The van der Waals surface area contributed by atoms with Gasteiger partial charge in [0.15, 0.2) is 0 Å². The van der Waals surface area contributed by atoms with Crippen LogP contribution >= 0.6 is 11.3 Å². The van der Waals surface area contributed by atoms with Crippen LogP contribution in [0.4, 0.5) is 0 Å². The van der Waals surface area contributed by atoms with Gasteiger partial charge in [0.25, 0.3) is 0 Å². The smallest absolute Gasteiger partial charge is 0.0950 e. The maximum Gasteiger partial charge on any atom is 0.0950 e. The average Bonchev–Trinajstić information content (AvgIpc) is 2.67. The molecule has 0 radical (unpaired) electrons. The van der Waals surface area contributed by atoms with Crippen molar-refractivity contribution in [1.29, 1.82) is 0 Å². The molecule has 1 aromatic heterocycles.